The molecular formula is C9H7ClF6N2. The molecule has 2 nitrogen and oxygen atoms in total. The Morgan fingerprint density at radius 1 is 1.06 bits per heavy atom. The van der Waals surface area contributed by atoms with Gasteiger partial charge in [0.1, 0.15) is 6.04 Å². The van der Waals surface area contributed by atoms with Crippen LogP contribution in [0.3, 0.4) is 0 Å². The summed E-state index contributed by atoms with van der Waals surface area (Å²) in [6.45, 7) is 0. The number of hydrogen-bond acceptors (Lipinski definition) is 2. The number of nitrogen functional groups attached to an aromatic ring is 1. The molecule has 0 unspecified atom stereocenters. The third-order valence-electron chi connectivity index (χ3n) is 2.17. The summed E-state index contributed by atoms with van der Waals surface area (Å²) in [6, 6.07) is -1.51. The van der Waals surface area contributed by atoms with Crippen molar-refractivity contribution >= 4 is 17.3 Å². The van der Waals surface area contributed by atoms with E-state index in [0.717, 1.165) is 0 Å². The van der Waals surface area contributed by atoms with Crippen LogP contribution in [0.5, 0.6) is 0 Å². The fraction of sp³-hybridized carbons (Fsp3) is 0.333. The summed E-state index contributed by atoms with van der Waals surface area (Å²) in [5, 5.41) is -0.522. The molecule has 9 heteroatoms. The van der Waals surface area contributed by atoms with Crippen molar-refractivity contribution in [1.29, 1.82) is 0 Å². The maximum atomic E-state index is 12.5. The van der Waals surface area contributed by atoms with Gasteiger partial charge in [-0.1, -0.05) is 11.6 Å². The van der Waals surface area contributed by atoms with Gasteiger partial charge in [0.25, 0.3) is 0 Å². The molecular weight excluding hydrogens is 286 g/mol. The van der Waals surface area contributed by atoms with E-state index in [1.165, 1.54) is 0 Å². The topological polar surface area (TPSA) is 52.0 Å². The summed E-state index contributed by atoms with van der Waals surface area (Å²) in [5.41, 5.74) is 6.49. The third kappa shape index (κ3) is 2.99. The van der Waals surface area contributed by atoms with E-state index in [4.69, 9.17) is 23.1 Å². The van der Waals surface area contributed by atoms with Crippen LogP contribution in [0.1, 0.15) is 17.2 Å². The van der Waals surface area contributed by atoms with Gasteiger partial charge in [-0.15, -0.1) is 0 Å². The molecule has 18 heavy (non-hydrogen) atoms. The largest absolute Gasteiger partial charge is 0.418 e. The summed E-state index contributed by atoms with van der Waals surface area (Å²) >= 11 is 5.34. The summed E-state index contributed by atoms with van der Waals surface area (Å²) in [6.07, 6.45) is -9.82. The first-order valence-corrected chi connectivity index (χ1v) is 4.80. The van der Waals surface area contributed by atoms with Crippen LogP contribution in [0.25, 0.3) is 0 Å². The summed E-state index contributed by atoms with van der Waals surface area (Å²) < 4.78 is 74.6. The van der Waals surface area contributed by atoms with E-state index in [9.17, 15) is 26.3 Å². The standard InChI is InChI=1S/C9H7ClF6N2/c10-3-1-4(7(18)9(14,15)16)6(17)5(2-3)8(11,12)13/h1-2,7H,17-18H2/t7-/m1/s1. The first-order chi connectivity index (χ1) is 7.94. The lowest BCUT2D eigenvalue weighted by Crippen LogP contribution is -2.30. The second kappa shape index (κ2) is 4.51. The van der Waals surface area contributed by atoms with Crippen molar-refractivity contribution in [2.45, 2.75) is 18.4 Å². The Morgan fingerprint density at radius 2 is 1.56 bits per heavy atom. The normalized spacial score (nSPS) is 14.7. The lowest BCUT2D eigenvalue weighted by atomic mass is 10.0. The number of hydrogen-bond donors (Lipinski definition) is 2. The zero-order chi connectivity index (χ0) is 14.3. The first kappa shape index (κ1) is 14.9. The Balaban J connectivity index is 3.44. The highest BCUT2D eigenvalue weighted by molar-refractivity contribution is 6.30. The fourth-order valence-corrected chi connectivity index (χ4v) is 1.53. The average Bonchev–Trinajstić information content (AvgIpc) is 2.17. The smallest absolute Gasteiger partial charge is 0.398 e. The molecule has 0 radical (unpaired) electrons. The monoisotopic (exact) mass is 292 g/mol. The van der Waals surface area contributed by atoms with Crippen molar-refractivity contribution in [2.75, 3.05) is 5.73 Å². The van der Waals surface area contributed by atoms with Crippen LogP contribution in [0.15, 0.2) is 12.1 Å². The van der Waals surface area contributed by atoms with E-state index < -0.39 is 40.2 Å². The second-order valence-corrected chi connectivity index (χ2v) is 3.91. The minimum atomic E-state index is -4.92. The van der Waals surface area contributed by atoms with Gasteiger partial charge in [0.2, 0.25) is 0 Å². The lowest BCUT2D eigenvalue weighted by molar-refractivity contribution is -0.149. The van der Waals surface area contributed by atoms with Crippen LogP contribution in [0, 0.1) is 0 Å². The highest BCUT2D eigenvalue weighted by Gasteiger charge is 2.42. The lowest BCUT2D eigenvalue weighted by Gasteiger charge is -2.20. The van der Waals surface area contributed by atoms with Crippen LogP contribution >= 0.6 is 11.6 Å². The Bertz CT molecular complexity index is 454. The Labute approximate surface area is 103 Å². The predicted molar refractivity (Wildman–Crippen MR) is 53.8 cm³/mol. The van der Waals surface area contributed by atoms with E-state index in [1.807, 2.05) is 0 Å². The molecule has 0 spiro atoms. The summed E-state index contributed by atoms with van der Waals surface area (Å²) in [4.78, 5) is 0. The Kier molecular flexibility index (Phi) is 3.73. The highest BCUT2D eigenvalue weighted by Crippen LogP contribution is 2.41. The molecule has 0 saturated heterocycles. The van der Waals surface area contributed by atoms with Gasteiger partial charge in [0.05, 0.1) is 5.56 Å². The van der Waals surface area contributed by atoms with Crippen LogP contribution < -0.4 is 11.5 Å². The molecule has 0 heterocycles. The van der Waals surface area contributed by atoms with Gasteiger partial charge in [-0.3, -0.25) is 0 Å². The summed E-state index contributed by atoms with van der Waals surface area (Å²) in [7, 11) is 0. The third-order valence-corrected chi connectivity index (χ3v) is 2.39. The van der Waals surface area contributed by atoms with Gasteiger partial charge in [0.15, 0.2) is 0 Å². The molecule has 0 saturated carbocycles. The number of anilines is 1. The van der Waals surface area contributed by atoms with Gasteiger partial charge >= 0.3 is 12.4 Å². The van der Waals surface area contributed by atoms with Crippen molar-refractivity contribution in [1.82, 2.24) is 0 Å². The molecule has 102 valence electrons. The maximum absolute atomic E-state index is 12.5. The van der Waals surface area contributed by atoms with Crippen LogP contribution in [0.4, 0.5) is 32.0 Å². The molecule has 4 N–H and O–H groups in total. The van der Waals surface area contributed by atoms with E-state index in [1.54, 1.807) is 0 Å². The number of benzene rings is 1. The van der Waals surface area contributed by atoms with Gasteiger partial charge < -0.3 is 11.5 Å². The van der Waals surface area contributed by atoms with Crippen molar-refractivity contribution in [3.8, 4) is 0 Å². The molecule has 0 amide bonds. The van der Waals surface area contributed by atoms with Gasteiger partial charge in [-0.2, -0.15) is 26.3 Å². The predicted octanol–water partition coefficient (Wildman–Crippen LogP) is 3.50. The van der Waals surface area contributed by atoms with Gasteiger partial charge in [-0.25, -0.2) is 0 Å². The quantitative estimate of drug-likeness (QED) is 0.615. The summed E-state index contributed by atoms with van der Waals surface area (Å²) in [5.74, 6) is 0. The molecule has 1 atom stereocenters. The van der Waals surface area contributed by atoms with Crippen LogP contribution in [-0.2, 0) is 6.18 Å². The molecule has 0 aromatic heterocycles. The average molecular weight is 293 g/mol. The molecule has 0 bridgehead atoms. The second-order valence-electron chi connectivity index (χ2n) is 3.47. The van der Waals surface area contributed by atoms with Crippen LogP contribution in [-0.4, -0.2) is 6.18 Å². The Hall–Kier alpha value is -1.15. The highest BCUT2D eigenvalue weighted by atomic mass is 35.5. The number of halogens is 7. The molecule has 0 aliphatic rings. The van der Waals surface area contributed by atoms with Crippen LogP contribution in [0.2, 0.25) is 5.02 Å². The number of alkyl halides is 6. The fourth-order valence-electron chi connectivity index (χ4n) is 1.31. The first-order valence-electron chi connectivity index (χ1n) is 4.43. The van der Waals surface area contributed by atoms with E-state index >= 15 is 0 Å². The molecule has 1 rings (SSSR count). The van der Waals surface area contributed by atoms with E-state index in [0.29, 0.717) is 12.1 Å². The number of rotatable bonds is 1. The SMILES string of the molecule is Nc1c([C@@H](N)C(F)(F)F)cc(Cl)cc1C(F)(F)F. The molecule has 0 aliphatic heterocycles. The van der Waals surface area contributed by atoms with E-state index in [-0.39, 0.29) is 0 Å². The number of nitrogens with two attached hydrogens (primary N) is 2. The van der Waals surface area contributed by atoms with E-state index in [2.05, 4.69) is 0 Å². The molecule has 1 aromatic carbocycles. The molecule has 0 aliphatic carbocycles. The van der Waals surface area contributed by atoms with Crippen molar-refractivity contribution in [3.05, 3.63) is 28.3 Å². The zero-order valence-corrected chi connectivity index (χ0v) is 9.29. The minimum absolute atomic E-state index is 0.448. The van der Waals surface area contributed by atoms with Crippen molar-refractivity contribution in [3.63, 3.8) is 0 Å². The molecule has 1 aromatic rings. The van der Waals surface area contributed by atoms with Crippen molar-refractivity contribution < 1.29 is 26.3 Å². The molecule has 0 fully saturated rings. The Morgan fingerprint density at radius 3 is 1.94 bits per heavy atom. The van der Waals surface area contributed by atoms with Gasteiger partial charge in [-0.05, 0) is 12.1 Å². The maximum Gasteiger partial charge on any atom is 0.418 e. The van der Waals surface area contributed by atoms with Crippen molar-refractivity contribution in [2.24, 2.45) is 5.73 Å². The zero-order valence-electron chi connectivity index (χ0n) is 8.53. The van der Waals surface area contributed by atoms with Gasteiger partial charge in [0, 0.05) is 16.3 Å². The minimum Gasteiger partial charge on any atom is -0.398 e.